The van der Waals surface area contributed by atoms with E-state index in [1.165, 1.54) is 10.9 Å². The summed E-state index contributed by atoms with van der Waals surface area (Å²) in [6.45, 7) is 5.13. The van der Waals surface area contributed by atoms with Crippen LogP contribution in [0.15, 0.2) is 47.5 Å². The van der Waals surface area contributed by atoms with Gasteiger partial charge < -0.3 is 14.8 Å². The van der Waals surface area contributed by atoms with Gasteiger partial charge in [-0.1, -0.05) is 31.5 Å². The molecule has 0 saturated heterocycles. The van der Waals surface area contributed by atoms with Gasteiger partial charge in [0.15, 0.2) is 11.5 Å². The molecule has 162 valence electrons. The maximum Gasteiger partial charge on any atom is 0.261 e. The number of carbonyl (C=O) groups is 1. The first-order chi connectivity index (χ1) is 14.9. The van der Waals surface area contributed by atoms with Gasteiger partial charge >= 0.3 is 0 Å². The van der Waals surface area contributed by atoms with Crippen molar-refractivity contribution in [2.24, 2.45) is 5.92 Å². The van der Waals surface area contributed by atoms with Gasteiger partial charge in [-0.05, 0) is 41.8 Å². The molecule has 1 amide bonds. The number of hydrogen-bond acceptors (Lipinski definition) is 5. The number of carbonyl (C=O) groups excluding carboxylic acids is 1. The second-order valence-corrected chi connectivity index (χ2v) is 8.32. The van der Waals surface area contributed by atoms with Crippen LogP contribution in [-0.2, 0) is 11.3 Å². The van der Waals surface area contributed by atoms with Gasteiger partial charge in [-0.3, -0.25) is 14.2 Å². The van der Waals surface area contributed by atoms with Crippen molar-refractivity contribution < 1.29 is 14.3 Å². The van der Waals surface area contributed by atoms with Crippen LogP contribution in [0.5, 0.6) is 11.5 Å². The Morgan fingerprint density at radius 2 is 1.94 bits per heavy atom. The van der Waals surface area contributed by atoms with E-state index in [0.717, 1.165) is 12.0 Å². The normalized spacial score (nSPS) is 14.3. The molecule has 2 aromatic carbocycles. The van der Waals surface area contributed by atoms with Gasteiger partial charge in [-0.15, -0.1) is 0 Å². The summed E-state index contributed by atoms with van der Waals surface area (Å²) in [5, 5.41) is 3.87. The Balaban J connectivity index is 1.55. The zero-order chi connectivity index (χ0) is 22.0. The third-order valence-electron chi connectivity index (χ3n) is 5.21. The minimum absolute atomic E-state index is 0.124. The fourth-order valence-electron chi connectivity index (χ4n) is 3.63. The predicted molar refractivity (Wildman–Crippen MR) is 119 cm³/mol. The summed E-state index contributed by atoms with van der Waals surface area (Å²) in [6, 6.07) is 10.4. The zero-order valence-corrected chi connectivity index (χ0v) is 18.2. The number of aromatic nitrogens is 2. The quantitative estimate of drug-likeness (QED) is 0.652. The lowest BCUT2D eigenvalue weighted by molar-refractivity contribution is -0.122. The van der Waals surface area contributed by atoms with Gasteiger partial charge in [-0.2, -0.15) is 0 Å². The highest BCUT2D eigenvalue weighted by Crippen LogP contribution is 2.34. The SMILES string of the molecule is CC(C)[C@@H](NC(=O)Cn1cnc2ccc(Cl)cc2c1=O)c1ccc2c(c1)OCCCO2. The van der Waals surface area contributed by atoms with Crippen LogP contribution in [0.3, 0.4) is 0 Å². The topological polar surface area (TPSA) is 82.5 Å². The monoisotopic (exact) mass is 441 g/mol. The van der Waals surface area contributed by atoms with Crippen molar-refractivity contribution in [3.63, 3.8) is 0 Å². The third kappa shape index (κ3) is 4.66. The maximum absolute atomic E-state index is 12.8. The number of hydrogen-bond donors (Lipinski definition) is 1. The Morgan fingerprint density at radius 3 is 2.71 bits per heavy atom. The smallest absolute Gasteiger partial charge is 0.261 e. The van der Waals surface area contributed by atoms with Crippen LogP contribution < -0.4 is 20.3 Å². The van der Waals surface area contributed by atoms with E-state index >= 15 is 0 Å². The number of halogens is 1. The average Bonchev–Trinajstić information content (AvgIpc) is 2.99. The minimum Gasteiger partial charge on any atom is -0.490 e. The van der Waals surface area contributed by atoms with E-state index in [1.807, 2.05) is 32.0 Å². The lowest BCUT2D eigenvalue weighted by atomic mass is 9.95. The van der Waals surface area contributed by atoms with Crippen molar-refractivity contribution >= 4 is 28.4 Å². The molecule has 1 aliphatic heterocycles. The maximum atomic E-state index is 12.8. The molecule has 0 unspecified atom stereocenters. The van der Waals surface area contributed by atoms with E-state index in [0.29, 0.717) is 40.6 Å². The molecule has 0 saturated carbocycles. The summed E-state index contributed by atoms with van der Waals surface area (Å²) in [5.41, 5.74) is 1.15. The van der Waals surface area contributed by atoms with Crippen LogP contribution in [-0.4, -0.2) is 28.7 Å². The van der Waals surface area contributed by atoms with E-state index in [1.54, 1.807) is 18.2 Å². The summed E-state index contributed by atoms with van der Waals surface area (Å²) < 4.78 is 12.8. The average molecular weight is 442 g/mol. The number of fused-ring (bicyclic) bond motifs is 2. The van der Waals surface area contributed by atoms with Gasteiger partial charge in [0.1, 0.15) is 6.54 Å². The zero-order valence-electron chi connectivity index (χ0n) is 17.4. The summed E-state index contributed by atoms with van der Waals surface area (Å²) in [7, 11) is 0. The van der Waals surface area contributed by atoms with Gasteiger partial charge in [0.2, 0.25) is 5.91 Å². The molecule has 0 fully saturated rings. The standard InChI is InChI=1S/C23H24ClN3O4/c1-14(2)22(15-4-7-19-20(10-15)31-9-3-8-30-19)26-21(28)12-27-13-25-18-6-5-16(24)11-17(18)23(27)29/h4-7,10-11,13-14,22H,3,8-9,12H2,1-2H3,(H,26,28)/t22-/m1/s1. The lowest BCUT2D eigenvalue weighted by Gasteiger charge is -2.24. The molecule has 2 heterocycles. The van der Waals surface area contributed by atoms with Crippen LogP contribution >= 0.6 is 11.6 Å². The van der Waals surface area contributed by atoms with Gasteiger partial charge in [0, 0.05) is 11.4 Å². The van der Waals surface area contributed by atoms with Crippen molar-refractivity contribution in [1.29, 1.82) is 0 Å². The fraction of sp³-hybridized carbons (Fsp3) is 0.348. The Morgan fingerprint density at radius 1 is 1.16 bits per heavy atom. The lowest BCUT2D eigenvalue weighted by Crippen LogP contribution is -2.36. The molecule has 4 rings (SSSR count). The number of amides is 1. The third-order valence-corrected chi connectivity index (χ3v) is 5.45. The molecule has 0 bridgehead atoms. The van der Waals surface area contributed by atoms with Gasteiger partial charge in [0.05, 0.1) is 36.5 Å². The van der Waals surface area contributed by atoms with E-state index in [2.05, 4.69) is 10.3 Å². The van der Waals surface area contributed by atoms with Crippen molar-refractivity contribution in [2.75, 3.05) is 13.2 Å². The number of rotatable bonds is 5. The number of nitrogens with zero attached hydrogens (tertiary/aromatic N) is 2. The molecule has 31 heavy (non-hydrogen) atoms. The number of ether oxygens (including phenoxy) is 2. The van der Waals surface area contributed by atoms with Crippen molar-refractivity contribution in [1.82, 2.24) is 14.9 Å². The Labute approximate surface area is 185 Å². The molecule has 8 heteroatoms. The predicted octanol–water partition coefficient (Wildman–Crippen LogP) is 3.72. The number of nitrogens with one attached hydrogen (secondary N) is 1. The van der Waals surface area contributed by atoms with Crippen LogP contribution in [0.4, 0.5) is 0 Å². The van der Waals surface area contributed by atoms with Gasteiger partial charge in [0.25, 0.3) is 5.56 Å². The van der Waals surface area contributed by atoms with Crippen molar-refractivity contribution in [3.05, 3.63) is 63.7 Å². The van der Waals surface area contributed by atoms with E-state index in [-0.39, 0.29) is 30.0 Å². The molecule has 1 atom stereocenters. The Bertz CT molecular complexity index is 1180. The largest absolute Gasteiger partial charge is 0.490 e. The molecule has 1 aromatic heterocycles. The highest BCUT2D eigenvalue weighted by molar-refractivity contribution is 6.31. The van der Waals surface area contributed by atoms with Crippen LogP contribution in [0.2, 0.25) is 5.02 Å². The molecule has 7 nitrogen and oxygen atoms in total. The molecule has 3 aromatic rings. The molecule has 1 N–H and O–H groups in total. The Kier molecular flexibility index (Phi) is 6.13. The van der Waals surface area contributed by atoms with Crippen molar-refractivity contribution in [3.8, 4) is 11.5 Å². The molecular weight excluding hydrogens is 418 g/mol. The molecule has 0 radical (unpaired) electrons. The van der Waals surface area contributed by atoms with E-state index < -0.39 is 0 Å². The van der Waals surface area contributed by atoms with Crippen LogP contribution in [0, 0.1) is 5.92 Å². The van der Waals surface area contributed by atoms with Crippen LogP contribution in [0.25, 0.3) is 10.9 Å². The summed E-state index contributed by atoms with van der Waals surface area (Å²) >= 11 is 6.01. The summed E-state index contributed by atoms with van der Waals surface area (Å²) in [6.07, 6.45) is 2.21. The second kappa shape index (κ2) is 8.98. The highest BCUT2D eigenvalue weighted by Gasteiger charge is 2.21. The highest BCUT2D eigenvalue weighted by atomic mass is 35.5. The van der Waals surface area contributed by atoms with Gasteiger partial charge in [-0.25, -0.2) is 4.98 Å². The second-order valence-electron chi connectivity index (χ2n) is 7.88. The Hall–Kier alpha value is -3.06. The molecule has 1 aliphatic rings. The van der Waals surface area contributed by atoms with Crippen molar-refractivity contribution in [2.45, 2.75) is 32.9 Å². The molecule has 0 spiro atoms. The molecule has 0 aliphatic carbocycles. The van der Waals surface area contributed by atoms with Crippen LogP contribution in [0.1, 0.15) is 31.9 Å². The minimum atomic E-state index is -0.306. The first-order valence-corrected chi connectivity index (χ1v) is 10.6. The first kappa shape index (κ1) is 21.2. The van der Waals surface area contributed by atoms with E-state index in [9.17, 15) is 9.59 Å². The summed E-state index contributed by atoms with van der Waals surface area (Å²) in [4.78, 5) is 29.8. The number of benzene rings is 2. The first-order valence-electron chi connectivity index (χ1n) is 10.3. The van der Waals surface area contributed by atoms with E-state index in [4.69, 9.17) is 21.1 Å². The molecular formula is C23H24ClN3O4. The fourth-order valence-corrected chi connectivity index (χ4v) is 3.80. The summed E-state index contributed by atoms with van der Waals surface area (Å²) in [5.74, 6) is 1.24.